The van der Waals surface area contributed by atoms with Crippen molar-refractivity contribution in [1.82, 2.24) is 10.2 Å². The largest absolute Gasteiger partial charge is 0.376 e. The summed E-state index contributed by atoms with van der Waals surface area (Å²) in [7, 11) is 3.77. The lowest BCUT2D eigenvalue weighted by Crippen LogP contribution is -2.59. The van der Waals surface area contributed by atoms with Crippen LogP contribution >= 0.6 is 0 Å². The van der Waals surface area contributed by atoms with Gasteiger partial charge in [0.15, 0.2) is 0 Å². The molecule has 0 spiro atoms. The summed E-state index contributed by atoms with van der Waals surface area (Å²) in [5.74, 6) is -1.30. The first-order valence-corrected chi connectivity index (χ1v) is 9.36. The second kappa shape index (κ2) is 8.71. The van der Waals surface area contributed by atoms with Crippen LogP contribution in [0.1, 0.15) is 27.7 Å². The molecule has 1 heterocycles. The maximum atomic E-state index is 12.3. The van der Waals surface area contributed by atoms with Crippen LogP contribution in [0.15, 0.2) is 24.3 Å². The summed E-state index contributed by atoms with van der Waals surface area (Å²) in [6.07, 6.45) is 0.295. The molecule has 7 heteroatoms. The molecule has 0 saturated carbocycles. The summed E-state index contributed by atoms with van der Waals surface area (Å²) in [5.41, 5.74) is 1.18. The number of ether oxygens (including phenoxy) is 1. The van der Waals surface area contributed by atoms with Crippen LogP contribution in [0.3, 0.4) is 0 Å². The van der Waals surface area contributed by atoms with Crippen molar-refractivity contribution in [2.24, 2.45) is 0 Å². The molecule has 0 radical (unpaired) electrons. The molecule has 1 aliphatic heterocycles. The second-order valence-electron chi connectivity index (χ2n) is 8.02. The Bertz CT molecular complexity index is 665. The van der Waals surface area contributed by atoms with Crippen molar-refractivity contribution in [3.63, 3.8) is 0 Å². The van der Waals surface area contributed by atoms with Crippen LogP contribution in [0.25, 0.3) is 0 Å². The predicted molar refractivity (Wildman–Crippen MR) is 108 cm³/mol. The molecule has 1 saturated heterocycles. The van der Waals surface area contributed by atoms with E-state index in [1.807, 2.05) is 51.0 Å². The van der Waals surface area contributed by atoms with Crippen molar-refractivity contribution < 1.29 is 14.3 Å². The average Bonchev–Trinajstić information content (AvgIpc) is 2.59. The van der Waals surface area contributed by atoms with E-state index >= 15 is 0 Å². The molecular formula is C20H32N4O3. The van der Waals surface area contributed by atoms with Gasteiger partial charge in [0.25, 0.3) is 0 Å². The molecule has 150 valence electrons. The van der Waals surface area contributed by atoms with Gasteiger partial charge in [0.05, 0.1) is 23.6 Å². The van der Waals surface area contributed by atoms with Crippen molar-refractivity contribution in [2.45, 2.75) is 45.4 Å². The van der Waals surface area contributed by atoms with Crippen LogP contribution in [0.2, 0.25) is 0 Å². The first kappa shape index (κ1) is 21.2. The summed E-state index contributed by atoms with van der Waals surface area (Å²) in [4.78, 5) is 28.8. The Morgan fingerprint density at radius 1 is 1.15 bits per heavy atom. The van der Waals surface area contributed by atoms with Gasteiger partial charge < -0.3 is 20.3 Å². The van der Waals surface area contributed by atoms with Crippen LogP contribution in [0.4, 0.5) is 11.4 Å². The number of para-hydroxylation sites is 2. The molecule has 7 nitrogen and oxygen atoms in total. The number of hydrogen-bond acceptors (Lipinski definition) is 5. The smallest absolute Gasteiger partial charge is 0.313 e. The fourth-order valence-corrected chi connectivity index (χ4v) is 3.31. The number of rotatable bonds is 5. The number of carbonyl (C=O) groups is 2. The molecule has 2 N–H and O–H groups in total. The Balaban J connectivity index is 1.94. The third-order valence-electron chi connectivity index (χ3n) is 4.80. The number of amides is 2. The minimum absolute atomic E-state index is 0.148. The Morgan fingerprint density at radius 2 is 1.74 bits per heavy atom. The molecule has 0 aromatic heterocycles. The van der Waals surface area contributed by atoms with Gasteiger partial charge in [0, 0.05) is 39.3 Å². The van der Waals surface area contributed by atoms with Crippen LogP contribution < -0.4 is 15.5 Å². The molecule has 1 aromatic rings. The van der Waals surface area contributed by atoms with E-state index < -0.39 is 11.8 Å². The molecule has 27 heavy (non-hydrogen) atoms. The van der Waals surface area contributed by atoms with Crippen molar-refractivity contribution in [3.8, 4) is 0 Å². The lowest BCUT2D eigenvalue weighted by Gasteiger charge is -2.45. The van der Waals surface area contributed by atoms with E-state index in [0.29, 0.717) is 12.2 Å². The van der Waals surface area contributed by atoms with Crippen molar-refractivity contribution in [2.75, 3.05) is 43.9 Å². The van der Waals surface area contributed by atoms with Gasteiger partial charge >= 0.3 is 11.8 Å². The van der Waals surface area contributed by atoms with Gasteiger partial charge in [-0.3, -0.25) is 14.5 Å². The van der Waals surface area contributed by atoms with Crippen molar-refractivity contribution in [3.05, 3.63) is 24.3 Å². The topological polar surface area (TPSA) is 73.9 Å². The normalized spacial score (nSPS) is 20.8. The Morgan fingerprint density at radius 3 is 2.33 bits per heavy atom. The van der Waals surface area contributed by atoms with Gasteiger partial charge in [0.1, 0.15) is 0 Å². The lowest BCUT2D eigenvalue weighted by molar-refractivity contribution is -0.137. The summed E-state index contributed by atoms with van der Waals surface area (Å²) in [6.45, 7) is 10.2. The zero-order valence-corrected chi connectivity index (χ0v) is 17.2. The number of hydrogen-bond donors (Lipinski definition) is 2. The van der Waals surface area contributed by atoms with Gasteiger partial charge in [-0.05, 0) is 39.8 Å². The first-order valence-electron chi connectivity index (χ1n) is 9.36. The molecule has 2 atom stereocenters. The van der Waals surface area contributed by atoms with Gasteiger partial charge in [0.2, 0.25) is 0 Å². The lowest BCUT2D eigenvalue weighted by atomic mass is 10.00. The summed E-state index contributed by atoms with van der Waals surface area (Å²) >= 11 is 0. The van der Waals surface area contributed by atoms with Crippen LogP contribution in [-0.4, -0.2) is 68.2 Å². The van der Waals surface area contributed by atoms with Gasteiger partial charge in [-0.25, -0.2) is 0 Å². The van der Waals surface area contributed by atoms with E-state index in [1.165, 1.54) is 0 Å². The highest BCUT2D eigenvalue weighted by atomic mass is 16.5. The molecule has 1 aromatic carbocycles. The molecule has 0 aliphatic carbocycles. The highest BCUT2D eigenvalue weighted by Crippen LogP contribution is 2.23. The average molecular weight is 377 g/mol. The standard InChI is InChI=1S/C20H32N4O3/c1-14-11-24(12-15(2)27-14)20(3,4)13-21-18(25)19(26)22-16-9-7-8-10-17(16)23(5)6/h7-10,14-15H,11-13H2,1-6H3,(H,21,25)(H,22,26). The van der Waals surface area contributed by atoms with Crippen LogP contribution in [0.5, 0.6) is 0 Å². The van der Waals surface area contributed by atoms with E-state index in [4.69, 9.17) is 4.74 Å². The maximum absolute atomic E-state index is 12.3. The highest BCUT2D eigenvalue weighted by molar-refractivity contribution is 6.39. The third-order valence-corrected chi connectivity index (χ3v) is 4.80. The second-order valence-corrected chi connectivity index (χ2v) is 8.02. The zero-order chi connectivity index (χ0) is 20.2. The van der Waals surface area contributed by atoms with Crippen LogP contribution in [0, 0.1) is 0 Å². The minimum atomic E-state index is -0.663. The minimum Gasteiger partial charge on any atom is -0.376 e. The predicted octanol–water partition coefficient (Wildman–Crippen LogP) is 1.70. The number of morpholine rings is 1. The number of nitrogens with zero attached hydrogens (tertiary/aromatic N) is 2. The number of nitrogens with one attached hydrogen (secondary N) is 2. The number of anilines is 2. The first-order chi connectivity index (χ1) is 12.6. The summed E-state index contributed by atoms with van der Waals surface area (Å²) in [6, 6.07) is 7.38. The fourth-order valence-electron chi connectivity index (χ4n) is 3.31. The Hall–Kier alpha value is -2.12. The van der Waals surface area contributed by atoms with Crippen molar-refractivity contribution in [1.29, 1.82) is 0 Å². The zero-order valence-electron chi connectivity index (χ0n) is 17.2. The summed E-state index contributed by atoms with van der Waals surface area (Å²) in [5, 5.41) is 5.47. The molecule has 0 bridgehead atoms. The van der Waals surface area contributed by atoms with E-state index in [2.05, 4.69) is 29.4 Å². The number of carbonyl (C=O) groups excluding carboxylic acids is 2. The van der Waals surface area contributed by atoms with E-state index in [1.54, 1.807) is 6.07 Å². The number of benzene rings is 1. The summed E-state index contributed by atoms with van der Waals surface area (Å²) < 4.78 is 5.78. The monoisotopic (exact) mass is 376 g/mol. The molecule has 1 aliphatic rings. The maximum Gasteiger partial charge on any atom is 0.313 e. The van der Waals surface area contributed by atoms with Gasteiger partial charge in [-0.2, -0.15) is 0 Å². The van der Waals surface area contributed by atoms with E-state index in [9.17, 15) is 9.59 Å². The SMILES string of the molecule is CC1CN(C(C)(C)CNC(=O)C(=O)Nc2ccccc2N(C)C)CC(C)O1. The Kier molecular flexibility index (Phi) is 6.84. The molecule has 2 amide bonds. The third kappa shape index (κ3) is 5.68. The Labute approximate surface area is 162 Å². The fraction of sp³-hybridized carbons (Fsp3) is 0.600. The molecular weight excluding hydrogens is 344 g/mol. The van der Waals surface area contributed by atoms with Crippen LogP contribution in [-0.2, 0) is 14.3 Å². The highest BCUT2D eigenvalue weighted by Gasteiger charge is 2.33. The van der Waals surface area contributed by atoms with Gasteiger partial charge in [-0.15, -0.1) is 0 Å². The van der Waals surface area contributed by atoms with Crippen molar-refractivity contribution >= 4 is 23.2 Å². The van der Waals surface area contributed by atoms with E-state index in [0.717, 1.165) is 18.8 Å². The van der Waals surface area contributed by atoms with E-state index in [-0.39, 0.29) is 17.7 Å². The molecule has 2 unspecified atom stereocenters. The molecule has 1 fully saturated rings. The molecule has 2 rings (SSSR count). The van der Waals surface area contributed by atoms with Gasteiger partial charge in [-0.1, -0.05) is 12.1 Å². The quantitative estimate of drug-likeness (QED) is 0.765.